The van der Waals surface area contributed by atoms with Gasteiger partial charge in [0.05, 0.1) is 5.56 Å². The molecule has 0 fully saturated rings. The minimum Gasteiger partial charge on any atom is -0.437 e. The lowest BCUT2D eigenvalue weighted by atomic mass is 9.99. The van der Waals surface area contributed by atoms with Crippen LogP contribution in [0.3, 0.4) is 0 Å². The molecule has 0 amide bonds. The second-order valence-electron chi connectivity index (χ2n) is 7.08. The van der Waals surface area contributed by atoms with E-state index in [-0.39, 0.29) is 0 Å². The van der Waals surface area contributed by atoms with Crippen LogP contribution in [0.5, 0.6) is 0 Å². The van der Waals surface area contributed by atoms with Crippen LogP contribution in [0.25, 0.3) is 44.5 Å². The first-order valence-corrected chi connectivity index (χ1v) is 9.21. The number of hydrogen-bond donors (Lipinski definition) is 0. The molecule has 0 bridgehead atoms. The van der Waals surface area contributed by atoms with Crippen molar-refractivity contribution < 1.29 is 13.1 Å². The molecule has 2 aromatic carbocycles. The van der Waals surface area contributed by atoms with E-state index in [2.05, 4.69) is 46.9 Å². The van der Waals surface area contributed by atoms with E-state index in [4.69, 9.17) is 8.53 Å². The molecule has 0 saturated heterocycles. The van der Waals surface area contributed by atoms with Gasteiger partial charge in [0.15, 0.2) is 11.8 Å². The Morgan fingerprint density at radius 3 is 2.54 bits per heavy atom. The fourth-order valence-electron chi connectivity index (χ4n) is 3.79. The zero-order valence-corrected chi connectivity index (χ0v) is 15.7. The van der Waals surface area contributed by atoms with Crippen molar-refractivity contribution in [2.24, 2.45) is 7.05 Å². The third-order valence-corrected chi connectivity index (χ3v) is 5.23. The fourth-order valence-corrected chi connectivity index (χ4v) is 3.79. The van der Waals surface area contributed by atoms with Gasteiger partial charge in [-0.15, -0.1) is 0 Å². The molecule has 3 heterocycles. The quantitative estimate of drug-likeness (QED) is 0.371. The number of aromatic nitrogens is 2. The van der Waals surface area contributed by atoms with Gasteiger partial charge in [-0.2, -0.15) is 0 Å². The van der Waals surface area contributed by atoms with Gasteiger partial charge in [-0.05, 0) is 43.1 Å². The number of furan rings is 1. The molecule has 0 unspecified atom stereocenters. The molecule has 0 aliphatic heterocycles. The largest absolute Gasteiger partial charge is 0.437 e. The summed E-state index contributed by atoms with van der Waals surface area (Å²) >= 11 is 0. The van der Waals surface area contributed by atoms with E-state index in [1.807, 2.05) is 31.3 Å². The van der Waals surface area contributed by atoms with Crippen molar-refractivity contribution in [3.05, 3.63) is 84.2 Å². The minimum absolute atomic E-state index is 0.345. The summed E-state index contributed by atoms with van der Waals surface area (Å²) in [5.74, 6) is 0. The van der Waals surface area contributed by atoms with Crippen LogP contribution in [-0.2, 0) is 7.05 Å². The molecule has 0 aliphatic carbocycles. The molecule has 5 aromatic rings. The minimum atomic E-state index is -2.09. The van der Waals surface area contributed by atoms with Gasteiger partial charge in [-0.3, -0.25) is 0 Å². The average Bonchev–Trinajstić information content (AvgIpc) is 3.12. The summed E-state index contributed by atoms with van der Waals surface area (Å²) in [7, 11) is 2.01. The number of pyridine rings is 2. The van der Waals surface area contributed by atoms with E-state index >= 15 is 0 Å². The van der Waals surface area contributed by atoms with E-state index in [1.54, 1.807) is 18.3 Å². The van der Waals surface area contributed by atoms with E-state index in [1.165, 1.54) is 0 Å². The number of benzene rings is 2. The van der Waals surface area contributed by atoms with Gasteiger partial charge in [-0.1, -0.05) is 42.0 Å². The van der Waals surface area contributed by atoms with Gasteiger partial charge >= 0.3 is 0 Å². The normalized spacial score (nSPS) is 13.4. The first-order chi connectivity index (χ1) is 14.8. The lowest BCUT2D eigenvalue weighted by Gasteiger charge is -2.07. The Hall–Kier alpha value is -3.46. The molecule has 3 heteroatoms. The average molecular weight is 368 g/mol. The van der Waals surface area contributed by atoms with Crippen LogP contribution in [-0.4, -0.2) is 4.98 Å². The van der Waals surface area contributed by atoms with Gasteiger partial charge < -0.3 is 4.42 Å². The highest BCUT2D eigenvalue weighted by molar-refractivity contribution is 6.08. The molecule has 5 rings (SSSR count). The molecular weight excluding hydrogens is 344 g/mol. The van der Waals surface area contributed by atoms with Crippen LogP contribution in [0.2, 0.25) is 0 Å². The van der Waals surface area contributed by atoms with Crippen LogP contribution in [0, 0.1) is 13.8 Å². The molecule has 0 saturated carbocycles. The highest BCUT2D eigenvalue weighted by Crippen LogP contribution is 2.36. The zero-order chi connectivity index (χ0) is 21.8. The number of aryl methyl sites for hydroxylation is 3. The molecule has 0 N–H and O–H groups in total. The first kappa shape index (κ1) is 13.7. The number of fused-ring (bicyclic) bond motifs is 3. The predicted molar refractivity (Wildman–Crippen MR) is 113 cm³/mol. The lowest BCUT2D eigenvalue weighted by molar-refractivity contribution is -0.659. The van der Waals surface area contributed by atoms with Crippen molar-refractivity contribution >= 4 is 22.1 Å². The Morgan fingerprint density at radius 2 is 1.75 bits per heavy atom. The summed E-state index contributed by atoms with van der Waals surface area (Å²) in [6.45, 7) is -0.0124. The van der Waals surface area contributed by atoms with Crippen molar-refractivity contribution in [3.63, 3.8) is 0 Å². The third kappa shape index (κ3) is 2.59. The van der Waals surface area contributed by atoms with Gasteiger partial charge in [0.1, 0.15) is 7.05 Å². The van der Waals surface area contributed by atoms with E-state index in [0.717, 1.165) is 44.3 Å². The van der Waals surface area contributed by atoms with Crippen LogP contribution in [0.4, 0.5) is 0 Å². The van der Waals surface area contributed by atoms with Gasteiger partial charge in [-0.25, -0.2) is 9.55 Å². The summed E-state index contributed by atoms with van der Waals surface area (Å²) in [5, 5.41) is 2.06. The first-order valence-electron chi connectivity index (χ1n) is 10.7. The summed E-state index contributed by atoms with van der Waals surface area (Å²) in [6.07, 6.45) is 3.79. The standard InChI is InChI=1S/C25H21N2O/c1-16-6-9-18(10-7-16)19-11-13-22(27(3)15-19)23-17(2)8-12-20-21-5-4-14-26-25(21)28-24(20)23/h4-15H,1-3H3/q+1/i1D3. The molecule has 0 aliphatic rings. The second kappa shape index (κ2) is 6.31. The predicted octanol–water partition coefficient (Wildman–Crippen LogP) is 5.76. The van der Waals surface area contributed by atoms with Crippen molar-refractivity contribution in [3.8, 4) is 22.4 Å². The summed E-state index contributed by atoms with van der Waals surface area (Å²) in [6, 6.07) is 19.3. The van der Waals surface area contributed by atoms with Crippen LogP contribution < -0.4 is 4.57 Å². The molecule has 3 nitrogen and oxygen atoms in total. The van der Waals surface area contributed by atoms with Gasteiger partial charge in [0.2, 0.25) is 11.4 Å². The molecular formula is C25H21N2O+. The maximum absolute atomic E-state index is 7.55. The van der Waals surface area contributed by atoms with Gasteiger partial charge in [0, 0.05) is 32.7 Å². The molecule has 136 valence electrons. The Kier molecular flexibility index (Phi) is 3.08. The second-order valence-corrected chi connectivity index (χ2v) is 7.08. The monoisotopic (exact) mass is 368 g/mol. The van der Waals surface area contributed by atoms with Crippen LogP contribution >= 0.6 is 0 Å². The highest BCUT2D eigenvalue weighted by Gasteiger charge is 2.21. The van der Waals surface area contributed by atoms with Crippen molar-refractivity contribution in [1.82, 2.24) is 4.98 Å². The third-order valence-electron chi connectivity index (χ3n) is 5.23. The number of hydrogen-bond acceptors (Lipinski definition) is 2. The maximum Gasteiger partial charge on any atom is 0.227 e. The lowest BCUT2D eigenvalue weighted by Crippen LogP contribution is -2.31. The smallest absolute Gasteiger partial charge is 0.227 e. The molecule has 0 atom stereocenters. The van der Waals surface area contributed by atoms with Crippen molar-refractivity contribution in [2.75, 3.05) is 0 Å². The number of rotatable bonds is 2. The van der Waals surface area contributed by atoms with E-state index < -0.39 is 6.85 Å². The van der Waals surface area contributed by atoms with Crippen LogP contribution in [0.15, 0.2) is 77.5 Å². The summed E-state index contributed by atoms with van der Waals surface area (Å²) in [4.78, 5) is 4.37. The molecule has 3 aromatic heterocycles. The van der Waals surface area contributed by atoms with E-state index in [0.29, 0.717) is 11.3 Å². The summed E-state index contributed by atoms with van der Waals surface area (Å²) in [5.41, 5.74) is 7.00. The van der Waals surface area contributed by atoms with E-state index in [9.17, 15) is 0 Å². The Morgan fingerprint density at radius 1 is 0.929 bits per heavy atom. The van der Waals surface area contributed by atoms with Crippen molar-refractivity contribution in [2.45, 2.75) is 13.8 Å². The maximum atomic E-state index is 7.55. The highest BCUT2D eigenvalue weighted by atomic mass is 16.3. The Balaban J connectivity index is 1.62. The number of nitrogens with zero attached hydrogens (tertiary/aromatic N) is 2. The van der Waals surface area contributed by atoms with Gasteiger partial charge in [0.25, 0.3) is 0 Å². The zero-order valence-electron chi connectivity index (χ0n) is 18.7. The fraction of sp³-hybridized carbons (Fsp3) is 0.120. The van der Waals surface area contributed by atoms with Crippen molar-refractivity contribution in [1.29, 1.82) is 0 Å². The van der Waals surface area contributed by atoms with Crippen LogP contribution in [0.1, 0.15) is 15.2 Å². The Bertz CT molecular complexity index is 1430. The molecule has 0 spiro atoms. The Labute approximate surface area is 168 Å². The topological polar surface area (TPSA) is 29.9 Å². The molecule has 28 heavy (non-hydrogen) atoms. The molecule has 0 radical (unpaired) electrons. The summed E-state index contributed by atoms with van der Waals surface area (Å²) < 4.78 is 30.9. The SMILES string of the molecule is [2H]C([2H])([2H])c1ccc(-c2ccc(-c3c(C)ccc4c3oc3ncccc34)[n+](C)c2)cc1.